The Labute approximate surface area is 124 Å². The number of rotatable bonds is 6. The molecule has 2 heteroatoms. The van der Waals surface area contributed by atoms with Crippen LogP contribution in [0.3, 0.4) is 0 Å². The summed E-state index contributed by atoms with van der Waals surface area (Å²) in [6, 6.07) is 14.8. The predicted octanol–water partition coefficient (Wildman–Crippen LogP) is 4.85. The molecule has 0 unspecified atom stereocenters. The van der Waals surface area contributed by atoms with Crippen molar-refractivity contribution < 1.29 is 4.79 Å². The van der Waals surface area contributed by atoms with Crippen LogP contribution in [0.2, 0.25) is 0 Å². The van der Waals surface area contributed by atoms with Gasteiger partial charge in [0.15, 0.2) is 0 Å². The Kier molecular flexibility index (Phi) is 5.19. The van der Waals surface area contributed by atoms with Gasteiger partial charge in [0, 0.05) is 4.90 Å². The van der Waals surface area contributed by atoms with Crippen molar-refractivity contribution in [2.45, 2.75) is 18.2 Å². The van der Waals surface area contributed by atoms with Gasteiger partial charge in [-0.25, -0.2) is 0 Å². The highest BCUT2D eigenvalue weighted by molar-refractivity contribution is 8.00. The molecule has 0 fully saturated rings. The number of carbonyl (C=O) groups is 1. The Bertz CT molecular complexity index is 617. The topological polar surface area (TPSA) is 17.1 Å². The monoisotopic (exact) mass is 282 g/mol. The van der Waals surface area contributed by atoms with Gasteiger partial charge in [0.1, 0.15) is 6.29 Å². The van der Waals surface area contributed by atoms with Crippen molar-refractivity contribution in [3.63, 3.8) is 0 Å². The van der Waals surface area contributed by atoms with Crippen LogP contribution in [-0.4, -0.2) is 12.0 Å². The number of aryl methyl sites for hydroxylation is 1. The largest absolute Gasteiger partial charge is 0.302 e. The third kappa shape index (κ3) is 3.20. The van der Waals surface area contributed by atoms with Gasteiger partial charge < -0.3 is 4.79 Å². The van der Waals surface area contributed by atoms with E-state index in [2.05, 4.69) is 56.0 Å². The van der Waals surface area contributed by atoms with Gasteiger partial charge in [0.2, 0.25) is 0 Å². The van der Waals surface area contributed by atoms with Gasteiger partial charge in [-0.2, -0.15) is 0 Å². The SMILES string of the molecule is C=Cc1ccc(-c2ccccc2CC)cc1SCC=O. The molecule has 2 rings (SSSR count). The summed E-state index contributed by atoms with van der Waals surface area (Å²) in [4.78, 5) is 11.7. The lowest BCUT2D eigenvalue weighted by Crippen LogP contribution is -1.90. The van der Waals surface area contributed by atoms with Crippen molar-refractivity contribution in [1.82, 2.24) is 0 Å². The minimum Gasteiger partial charge on any atom is -0.302 e. The molecule has 0 aliphatic rings. The van der Waals surface area contributed by atoms with Crippen LogP contribution in [-0.2, 0) is 11.2 Å². The summed E-state index contributed by atoms with van der Waals surface area (Å²) in [5, 5.41) is 0. The van der Waals surface area contributed by atoms with E-state index in [1.54, 1.807) is 11.8 Å². The molecule has 0 amide bonds. The van der Waals surface area contributed by atoms with Gasteiger partial charge in [-0.05, 0) is 34.7 Å². The first-order valence-corrected chi connectivity index (χ1v) is 7.70. The molecular formula is C18H18OS. The molecule has 0 saturated heterocycles. The quantitative estimate of drug-likeness (QED) is 0.556. The van der Waals surface area contributed by atoms with Crippen molar-refractivity contribution in [3.05, 3.63) is 60.2 Å². The van der Waals surface area contributed by atoms with Crippen LogP contribution in [0.15, 0.2) is 53.9 Å². The summed E-state index contributed by atoms with van der Waals surface area (Å²) in [6.45, 7) is 6.00. The molecule has 0 atom stereocenters. The normalized spacial score (nSPS) is 10.2. The van der Waals surface area contributed by atoms with Crippen molar-refractivity contribution in [2.75, 3.05) is 5.75 Å². The second-order valence-electron chi connectivity index (χ2n) is 4.45. The molecular weight excluding hydrogens is 264 g/mol. The van der Waals surface area contributed by atoms with Crippen LogP contribution < -0.4 is 0 Å². The molecule has 0 N–H and O–H groups in total. The van der Waals surface area contributed by atoms with E-state index in [0.717, 1.165) is 23.2 Å². The molecule has 1 nitrogen and oxygen atoms in total. The maximum atomic E-state index is 10.6. The van der Waals surface area contributed by atoms with Crippen LogP contribution in [0.1, 0.15) is 18.1 Å². The lowest BCUT2D eigenvalue weighted by Gasteiger charge is -2.11. The lowest BCUT2D eigenvalue weighted by molar-refractivity contribution is -0.105. The smallest absolute Gasteiger partial charge is 0.130 e. The summed E-state index contributed by atoms with van der Waals surface area (Å²) in [6.07, 6.45) is 3.78. The number of carbonyl (C=O) groups excluding carboxylic acids is 1. The second-order valence-corrected chi connectivity index (χ2v) is 5.51. The highest BCUT2D eigenvalue weighted by Crippen LogP contribution is 2.31. The molecule has 102 valence electrons. The fraction of sp³-hybridized carbons (Fsp3) is 0.167. The molecule has 0 aromatic heterocycles. The molecule has 0 spiro atoms. The van der Waals surface area contributed by atoms with Crippen LogP contribution in [0, 0.1) is 0 Å². The minimum absolute atomic E-state index is 0.472. The molecule has 20 heavy (non-hydrogen) atoms. The fourth-order valence-corrected chi connectivity index (χ4v) is 3.01. The van der Waals surface area contributed by atoms with E-state index in [-0.39, 0.29) is 0 Å². The lowest BCUT2D eigenvalue weighted by atomic mass is 9.97. The van der Waals surface area contributed by atoms with Crippen molar-refractivity contribution in [2.24, 2.45) is 0 Å². The van der Waals surface area contributed by atoms with Crippen LogP contribution in [0.5, 0.6) is 0 Å². The Morgan fingerprint density at radius 1 is 1.20 bits per heavy atom. The van der Waals surface area contributed by atoms with E-state index in [0.29, 0.717) is 5.75 Å². The first-order valence-electron chi connectivity index (χ1n) is 6.71. The number of benzene rings is 2. The average Bonchev–Trinajstić information content (AvgIpc) is 2.52. The van der Waals surface area contributed by atoms with Crippen LogP contribution >= 0.6 is 11.8 Å². The van der Waals surface area contributed by atoms with Crippen molar-refractivity contribution in [3.8, 4) is 11.1 Å². The summed E-state index contributed by atoms with van der Waals surface area (Å²) >= 11 is 1.55. The molecule has 2 aromatic rings. The molecule has 0 bridgehead atoms. The van der Waals surface area contributed by atoms with Crippen molar-refractivity contribution >= 4 is 24.1 Å². The Hall–Kier alpha value is -1.80. The van der Waals surface area contributed by atoms with Gasteiger partial charge in [-0.3, -0.25) is 0 Å². The standard InChI is InChI=1S/C18H18OS/c1-3-14-7-5-6-8-17(14)16-10-9-15(4-2)18(13-16)20-12-11-19/h4-11,13H,2-3,12H2,1H3. The minimum atomic E-state index is 0.472. The fourth-order valence-electron chi connectivity index (χ4n) is 2.23. The summed E-state index contributed by atoms with van der Waals surface area (Å²) in [5.41, 5.74) is 4.87. The van der Waals surface area contributed by atoms with E-state index < -0.39 is 0 Å². The first kappa shape index (κ1) is 14.6. The van der Waals surface area contributed by atoms with E-state index in [1.807, 2.05) is 6.08 Å². The Balaban J connectivity index is 2.46. The molecule has 2 aromatic carbocycles. The van der Waals surface area contributed by atoms with Crippen molar-refractivity contribution in [1.29, 1.82) is 0 Å². The number of thioether (sulfide) groups is 1. The predicted molar refractivity (Wildman–Crippen MR) is 88.1 cm³/mol. The second kappa shape index (κ2) is 7.11. The zero-order valence-corrected chi connectivity index (χ0v) is 12.5. The number of hydrogen-bond donors (Lipinski definition) is 0. The summed E-state index contributed by atoms with van der Waals surface area (Å²) in [7, 11) is 0. The third-order valence-corrected chi connectivity index (χ3v) is 4.22. The summed E-state index contributed by atoms with van der Waals surface area (Å²) in [5.74, 6) is 0.472. The maximum Gasteiger partial charge on any atom is 0.130 e. The van der Waals surface area contributed by atoms with E-state index in [1.165, 1.54) is 16.7 Å². The number of hydrogen-bond acceptors (Lipinski definition) is 2. The first-order chi connectivity index (χ1) is 9.80. The summed E-state index contributed by atoms with van der Waals surface area (Å²) < 4.78 is 0. The van der Waals surface area contributed by atoms with E-state index >= 15 is 0 Å². The number of aldehydes is 1. The maximum absolute atomic E-state index is 10.6. The molecule has 0 saturated carbocycles. The van der Waals surface area contributed by atoms with Crippen LogP contribution in [0.25, 0.3) is 17.2 Å². The molecule has 0 heterocycles. The highest BCUT2D eigenvalue weighted by Gasteiger charge is 2.07. The molecule has 0 aliphatic heterocycles. The molecule has 0 radical (unpaired) electrons. The van der Waals surface area contributed by atoms with E-state index in [4.69, 9.17) is 0 Å². The van der Waals surface area contributed by atoms with Gasteiger partial charge in [0.25, 0.3) is 0 Å². The van der Waals surface area contributed by atoms with Crippen LogP contribution in [0.4, 0.5) is 0 Å². The Morgan fingerprint density at radius 3 is 2.70 bits per heavy atom. The van der Waals surface area contributed by atoms with Gasteiger partial charge in [-0.1, -0.05) is 56.0 Å². The van der Waals surface area contributed by atoms with Gasteiger partial charge in [0.05, 0.1) is 5.75 Å². The third-order valence-electron chi connectivity index (χ3n) is 3.25. The molecule has 0 aliphatic carbocycles. The van der Waals surface area contributed by atoms with Gasteiger partial charge in [-0.15, -0.1) is 11.8 Å². The average molecular weight is 282 g/mol. The Morgan fingerprint density at radius 2 is 2.00 bits per heavy atom. The van der Waals surface area contributed by atoms with E-state index in [9.17, 15) is 4.79 Å². The zero-order valence-electron chi connectivity index (χ0n) is 11.6. The highest BCUT2D eigenvalue weighted by atomic mass is 32.2. The van der Waals surface area contributed by atoms with Gasteiger partial charge >= 0.3 is 0 Å². The zero-order chi connectivity index (χ0) is 14.4.